The van der Waals surface area contributed by atoms with Gasteiger partial charge in [0.2, 0.25) is 0 Å². The number of aromatic nitrogens is 2. The number of hydrogen-bond donors (Lipinski definition) is 1. The first-order valence-corrected chi connectivity index (χ1v) is 7.89. The molecule has 0 amide bonds. The highest BCUT2D eigenvalue weighted by molar-refractivity contribution is 5.49. The first-order valence-electron chi connectivity index (χ1n) is 7.89. The molecule has 0 aliphatic heterocycles. The summed E-state index contributed by atoms with van der Waals surface area (Å²) in [5.41, 5.74) is 0. The van der Waals surface area contributed by atoms with Crippen LogP contribution in [0, 0.1) is 0 Å². The van der Waals surface area contributed by atoms with Gasteiger partial charge in [-0.05, 0) is 20.3 Å². The third kappa shape index (κ3) is 6.29. The van der Waals surface area contributed by atoms with Crippen molar-refractivity contribution >= 4 is 11.6 Å². The molecule has 1 aromatic rings. The molecule has 1 rings (SSSR count). The summed E-state index contributed by atoms with van der Waals surface area (Å²) in [5, 5.41) is 3.35. The van der Waals surface area contributed by atoms with Crippen LogP contribution in [0.5, 0.6) is 0 Å². The zero-order valence-electron chi connectivity index (χ0n) is 14.3. The molecule has 0 aromatic carbocycles. The maximum absolute atomic E-state index is 5.61. The van der Waals surface area contributed by atoms with E-state index in [0.29, 0.717) is 12.5 Å². The first-order chi connectivity index (χ1) is 9.93. The highest BCUT2D eigenvalue weighted by Gasteiger charge is 2.11. The number of nitrogens with zero attached hydrogens (tertiary/aromatic N) is 3. The Morgan fingerprint density at radius 3 is 2.52 bits per heavy atom. The molecule has 1 heterocycles. The molecule has 0 spiro atoms. The summed E-state index contributed by atoms with van der Waals surface area (Å²) >= 11 is 0. The Hall–Kier alpha value is -1.36. The highest BCUT2D eigenvalue weighted by atomic mass is 16.5. The lowest BCUT2D eigenvalue weighted by Crippen LogP contribution is -2.25. The second-order valence-electron chi connectivity index (χ2n) is 5.89. The predicted octanol–water partition coefficient (Wildman–Crippen LogP) is 3.28. The van der Waals surface area contributed by atoms with Crippen LogP contribution in [0.15, 0.2) is 6.07 Å². The second-order valence-corrected chi connectivity index (χ2v) is 5.89. The van der Waals surface area contributed by atoms with Gasteiger partial charge in [-0.2, -0.15) is 0 Å². The molecule has 0 unspecified atom stereocenters. The molecule has 0 fully saturated rings. The molecule has 0 bridgehead atoms. The average Bonchev–Trinajstić information content (AvgIpc) is 2.44. The number of likely N-dealkylation sites (N-methyl/N-ethyl adjacent to an activating group) is 1. The van der Waals surface area contributed by atoms with Crippen LogP contribution in [0.25, 0.3) is 0 Å². The summed E-state index contributed by atoms with van der Waals surface area (Å²) in [4.78, 5) is 11.4. The van der Waals surface area contributed by atoms with Crippen molar-refractivity contribution in [2.24, 2.45) is 0 Å². The minimum Gasteiger partial charge on any atom is -0.377 e. The zero-order valence-corrected chi connectivity index (χ0v) is 14.3. The van der Waals surface area contributed by atoms with Crippen molar-refractivity contribution in [1.29, 1.82) is 0 Å². The standard InChI is InChI=1S/C16H30N4O/c1-7-8-17-14-11-15(19-16(18-14)12(2)3)20(6)9-10-21-13(4)5/h11-13H,7-10H2,1-6H3,(H,17,18,19). The number of rotatable bonds is 9. The van der Waals surface area contributed by atoms with Gasteiger partial charge in [-0.15, -0.1) is 0 Å². The van der Waals surface area contributed by atoms with E-state index in [1.165, 1.54) is 0 Å². The van der Waals surface area contributed by atoms with Gasteiger partial charge in [-0.3, -0.25) is 0 Å². The van der Waals surface area contributed by atoms with Crippen LogP contribution in [0.2, 0.25) is 0 Å². The van der Waals surface area contributed by atoms with Gasteiger partial charge < -0.3 is 15.0 Å². The van der Waals surface area contributed by atoms with Crippen molar-refractivity contribution in [2.75, 3.05) is 37.0 Å². The minimum atomic E-state index is 0.261. The smallest absolute Gasteiger partial charge is 0.135 e. The van der Waals surface area contributed by atoms with Gasteiger partial charge in [0.1, 0.15) is 17.5 Å². The van der Waals surface area contributed by atoms with E-state index in [2.05, 4.69) is 41.0 Å². The second kappa shape index (κ2) is 8.82. The van der Waals surface area contributed by atoms with Crippen LogP contribution in [-0.4, -0.2) is 42.8 Å². The molecule has 0 aliphatic rings. The fourth-order valence-electron chi connectivity index (χ4n) is 1.79. The van der Waals surface area contributed by atoms with Gasteiger partial charge in [0, 0.05) is 32.1 Å². The molecule has 0 aliphatic carbocycles. The third-order valence-corrected chi connectivity index (χ3v) is 3.07. The van der Waals surface area contributed by atoms with Crippen molar-refractivity contribution in [3.8, 4) is 0 Å². The summed E-state index contributed by atoms with van der Waals surface area (Å²) in [6.07, 6.45) is 1.34. The molecule has 0 radical (unpaired) electrons. The van der Waals surface area contributed by atoms with E-state index in [1.807, 2.05) is 27.0 Å². The van der Waals surface area contributed by atoms with Crippen LogP contribution >= 0.6 is 0 Å². The van der Waals surface area contributed by atoms with Gasteiger partial charge in [0.25, 0.3) is 0 Å². The lowest BCUT2D eigenvalue weighted by Gasteiger charge is -2.21. The number of ether oxygens (including phenoxy) is 1. The van der Waals surface area contributed by atoms with E-state index in [1.54, 1.807) is 0 Å². The van der Waals surface area contributed by atoms with Crippen LogP contribution in [0.3, 0.4) is 0 Å². The Kier molecular flexibility index (Phi) is 7.43. The molecule has 1 N–H and O–H groups in total. The van der Waals surface area contributed by atoms with E-state index in [0.717, 1.165) is 37.0 Å². The topological polar surface area (TPSA) is 50.3 Å². The van der Waals surface area contributed by atoms with Crippen LogP contribution in [-0.2, 0) is 4.74 Å². The summed E-state index contributed by atoms with van der Waals surface area (Å²) in [7, 11) is 2.04. The van der Waals surface area contributed by atoms with Crippen molar-refractivity contribution < 1.29 is 4.74 Å². The molecule has 5 nitrogen and oxygen atoms in total. The zero-order chi connectivity index (χ0) is 15.8. The number of hydrogen-bond acceptors (Lipinski definition) is 5. The summed E-state index contributed by atoms with van der Waals surface area (Å²) in [5.74, 6) is 3.04. The average molecular weight is 294 g/mol. The van der Waals surface area contributed by atoms with Crippen LogP contribution < -0.4 is 10.2 Å². The van der Waals surface area contributed by atoms with Gasteiger partial charge in [0.15, 0.2) is 0 Å². The lowest BCUT2D eigenvalue weighted by molar-refractivity contribution is 0.0845. The predicted molar refractivity (Wildman–Crippen MR) is 89.3 cm³/mol. The molecule has 21 heavy (non-hydrogen) atoms. The molecule has 0 atom stereocenters. The number of anilines is 2. The Morgan fingerprint density at radius 1 is 1.24 bits per heavy atom. The molecule has 1 aromatic heterocycles. The van der Waals surface area contributed by atoms with Crippen LogP contribution in [0.1, 0.15) is 52.8 Å². The third-order valence-electron chi connectivity index (χ3n) is 3.07. The van der Waals surface area contributed by atoms with E-state index < -0.39 is 0 Å². The van der Waals surface area contributed by atoms with Gasteiger partial charge in [0.05, 0.1) is 12.7 Å². The molecule has 120 valence electrons. The Balaban J connectivity index is 2.80. The van der Waals surface area contributed by atoms with Crippen molar-refractivity contribution in [3.05, 3.63) is 11.9 Å². The van der Waals surface area contributed by atoms with Gasteiger partial charge in [-0.1, -0.05) is 20.8 Å². The molecule has 0 saturated carbocycles. The Labute approximate surface area is 129 Å². The van der Waals surface area contributed by atoms with E-state index in [9.17, 15) is 0 Å². The fraction of sp³-hybridized carbons (Fsp3) is 0.750. The summed E-state index contributed by atoms with van der Waals surface area (Å²) in [6, 6.07) is 2.01. The maximum atomic E-state index is 5.61. The SMILES string of the molecule is CCCNc1cc(N(C)CCOC(C)C)nc(C(C)C)n1. The van der Waals surface area contributed by atoms with Crippen LogP contribution in [0.4, 0.5) is 11.6 Å². The lowest BCUT2D eigenvalue weighted by atomic mass is 10.2. The maximum Gasteiger partial charge on any atom is 0.135 e. The Bertz CT molecular complexity index is 421. The minimum absolute atomic E-state index is 0.261. The van der Waals surface area contributed by atoms with Crippen molar-refractivity contribution in [1.82, 2.24) is 9.97 Å². The Morgan fingerprint density at radius 2 is 1.95 bits per heavy atom. The van der Waals surface area contributed by atoms with Crippen molar-refractivity contribution in [3.63, 3.8) is 0 Å². The normalized spacial score (nSPS) is 11.2. The summed E-state index contributed by atoms with van der Waals surface area (Å²) < 4.78 is 5.61. The molecular formula is C16H30N4O. The summed E-state index contributed by atoms with van der Waals surface area (Å²) in [6.45, 7) is 12.9. The van der Waals surface area contributed by atoms with Gasteiger partial charge in [-0.25, -0.2) is 9.97 Å². The molecular weight excluding hydrogens is 264 g/mol. The van der Waals surface area contributed by atoms with E-state index in [4.69, 9.17) is 4.74 Å². The quantitative estimate of drug-likeness (QED) is 0.757. The van der Waals surface area contributed by atoms with Gasteiger partial charge >= 0.3 is 0 Å². The monoisotopic (exact) mass is 294 g/mol. The van der Waals surface area contributed by atoms with E-state index >= 15 is 0 Å². The fourth-order valence-corrected chi connectivity index (χ4v) is 1.79. The first kappa shape index (κ1) is 17.7. The highest BCUT2D eigenvalue weighted by Crippen LogP contribution is 2.19. The molecule has 0 saturated heterocycles. The van der Waals surface area contributed by atoms with E-state index in [-0.39, 0.29) is 6.10 Å². The largest absolute Gasteiger partial charge is 0.377 e. The number of nitrogens with one attached hydrogen (secondary N) is 1. The van der Waals surface area contributed by atoms with Crippen molar-refractivity contribution in [2.45, 2.75) is 53.1 Å². The molecule has 5 heteroatoms.